The molecular formula is C22H39IN4O2. The van der Waals surface area contributed by atoms with Crippen molar-refractivity contribution in [3.63, 3.8) is 0 Å². The Morgan fingerprint density at radius 2 is 2.00 bits per heavy atom. The van der Waals surface area contributed by atoms with Gasteiger partial charge >= 0.3 is 0 Å². The average molecular weight is 518 g/mol. The molecule has 1 saturated heterocycles. The summed E-state index contributed by atoms with van der Waals surface area (Å²) < 4.78 is 11.3. The van der Waals surface area contributed by atoms with Gasteiger partial charge in [0.25, 0.3) is 0 Å². The Morgan fingerprint density at radius 3 is 2.66 bits per heavy atom. The number of methoxy groups -OCH3 is 1. The normalized spacial score (nSPS) is 17.8. The summed E-state index contributed by atoms with van der Waals surface area (Å²) in [6.07, 6.45) is 1.23. The van der Waals surface area contributed by atoms with Gasteiger partial charge in [0.05, 0.1) is 13.7 Å². The maximum Gasteiger partial charge on any atom is 0.194 e. The van der Waals surface area contributed by atoms with Gasteiger partial charge in [-0.05, 0) is 51.4 Å². The van der Waals surface area contributed by atoms with E-state index in [4.69, 9.17) is 14.5 Å². The second kappa shape index (κ2) is 13.9. The van der Waals surface area contributed by atoms with E-state index >= 15 is 0 Å². The third-order valence-corrected chi connectivity index (χ3v) is 5.21. The number of nitrogens with one attached hydrogen (secondary N) is 1. The zero-order chi connectivity index (χ0) is 20.4. The lowest BCUT2D eigenvalue weighted by Crippen LogP contribution is -2.41. The first-order valence-corrected chi connectivity index (χ1v) is 10.7. The van der Waals surface area contributed by atoms with Crippen LogP contribution in [-0.2, 0) is 0 Å². The summed E-state index contributed by atoms with van der Waals surface area (Å²) in [5.41, 5.74) is 0. The summed E-state index contributed by atoms with van der Waals surface area (Å²) in [7, 11) is 1.67. The van der Waals surface area contributed by atoms with Crippen molar-refractivity contribution < 1.29 is 9.47 Å². The van der Waals surface area contributed by atoms with E-state index in [1.54, 1.807) is 7.11 Å². The molecule has 7 heteroatoms. The fourth-order valence-corrected chi connectivity index (χ4v) is 3.61. The predicted octanol–water partition coefficient (Wildman–Crippen LogP) is 3.71. The zero-order valence-electron chi connectivity index (χ0n) is 18.7. The van der Waals surface area contributed by atoms with Crippen LogP contribution >= 0.6 is 24.0 Å². The first-order valence-electron chi connectivity index (χ1n) is 10.7. The average Bonchev–Trinajstić information content (AvgIpc) is 3.17. The largest absolute Gasteiger partial charge is 0.497 e. The number of ether oxygens (including phenoxy) is 2. The molecular weight excluding hydrogens is 479 g/mol. The molecule has 1 aliphatic heterocycles. The molecule has 0 amide bonds. The molecule has 1 aliphatic rings. The Kier molecular flexibility index (Phi) is 12.4. The third-order valence-electron chi connectivity index (χ3n) is 5.21. The van der Waals surface area contributed by atoms with E-state index < -0.39 is 0 Å². The summed E-state index contributed by atoms with van der Waals surface area (Å²) >= 11 is 0. The van der Waals surface area contributed by atoms with E-state index in [2.05, 4.69) is 42.8 Å². The molecule has 1 aromatic carbocycles. The second-order valence-electron chi connectivity index (χ2n) is 7.39. The van der Waals surface area contributed by atoms with Crippen LogP contribution in [0.4, 0.5) is 0 Å². The van der Waals surface area contributed by atoms with E-state index in [-0.39, 0.29) is 30.1 Å². The van der Waals surface area contributed by atoms with Gasteiger partial charge in [-0.15, -0.1) is 24.0 Å². The van der Waals surface area contributed by atoms with Gasteiger partial charge in [-0.1, -0.05) is 19.9 Å². The summed E-state index contributed by atoms with van der Waals surface area (Å²) in [5, 5.41) is 3.45. The Labute approximate surface area is 194 Å². The van der Waals surface area contributed by atoms with Crippen molar-refractivity contribution in [3.05, 3.63) is 24.3 Å². The Bertz CT molecular complexity index is 610. The van der Waals surface area contributed by atoms with Crippen LogP contribution in [0.5, 0.6) is 11.5 Å². The summed E-state index contributed by atoms with van der Waals surface area (Å²) in [4.78, 5) is 9.76. The minimum Gasteiger partial charge on any atom is -0.497 e. The molecule has 0 bridgehead atoms. The van der Waals surface area contributed by atoms with Crippen molar-refractivity contribution in [2.45, 2.75) is 40.2 Å². The van der Waals surface area contributed by atoms with Gasteiger partial charge < -0.3 is 24.6 Å². The van der Waals surface area contributed by atoms with Gasteiger partial charge in [-0.2, -0.15) is 0 Å². The number of aliphatic imine (C=N–C) groups is 1. The fraction of sp³-hybridized carbons (Fsp3) is 0.682. The topological polar surface area (TPSA) is 49.3 Å². The maximum atomic E-state index is 6.01. The van der Waals surface area contributed by atoms with E-state index in [9.17, 15) is 0 Å². The minimum absolute atomic E-state index is 0. The number of benzene rings is 1. The quantitative estimate of drug-likeness (QED) is 0.291. The predicted molar refractivity (Wildman–Crippen MR) is 132 cm³/mol. The summed E-state index contributed by atoms with van der Waals surface area (Å²) in [6, 6.07) is 7.71. The Morgan fingerprint density at radius 1 is 1.28 bits per heavy atom. The van der Waals surface area contributed by atoms with Crippen LogP contribution in [0, 0.1) is 5.92 Å². The van der Waals surface area contributed by atoms with E-state index in [1.165, 1.54) is 13.0 Å². The van der Waals surface area contributed by atoms with Crippen molar-refractivity contribution in [1.82, 2.24) is 15.1 Å². The number of likely N-dealkylation sites (tertiary alicyclic amines) is 1. The number of nitrogens with zero attached hydrogens (tertiary/aromatic N) is 3. The molecule has 1 N–H and O–H groups in total. The van der Waals surface area contributed by atoms with Crippen molar-refractivity contribution >= 4 is 29.9 Å². The number of guanidine groups is 1. The monoisotopic (exact) mass is 518 g/mol. The number of hydrogen-bond donors (Lipinski definition) is 1. The lowest BCUT2D eigenvalue weighted by molar-refractivity contribution is 0.228. The molecule has 1 heterocycles. The molecule has 0 aromatic heterocycles. The highest BCUT2D eigenvalue weighted by molar-refractivity contribution is 14.0. The molecule has 166 valence electrons. The molecule has 0 radical (unpaired) electrons. The molecule has 0 saturated carbocycles. The van der Waals surface area contributed by atoms with Crippen molar-refractivity contribution in [1.29, 1.82) is 0 Å². The van der Waals surface area contributed by atoms with Crippen molar-refractivity contribution in [2.75, 3.05) is 52.9 Å². The highest BCUT2D eigenvalue weighted by atomic mass is 127. The minimum atomic E-state index is -0.00478. The van der Waals surface area contributed by atoms with E-state index in [1.807, 2.05) is 24.3 Å². The van der Waals surface area contributed by atoms with Gasteiger partial charge in [-0.25, -0.2) is 4.99 Å². The number of hydrogen-bond acceptors (Lipinski definition) is 4. The fourth-order valence-electron chi connectivity index (χ4n) is 3.61. The van der Waals surface area contributed by atoms with Crippen LogP contribution in [0.1, 0.15) is 34.1 Å². The van der Waals surface area contributed by atoms with Crippen molar-refractivity contribution in [2.24, 2.45) is 10.9 Å². The molecule has 1 aromatic rings. The van der Waals surface area contributed by atoms with Crippen LogP contribution < -0.4 is 14.8 Å². The van der Waals surface area contributed by atoms with Crippen LogP contribution in [0.2, 0.25) is 0 Å². The van der Waals surface area contributed by atoms with Gasteiger partial charge in [0.1, 0.15) is 17.6 Å². The van der Waals surface area contributed by atoms with Gasteiger partial charge in [0.2, 0.25) is 0 Å². The van der Waals surface area contributed by atoms with Crippen LogP contribution in [0.3, 0.4) is 0 Å². The number of rotatable bonds is 10. The maximum absolute atomic E-state index is 6.01. The third kappa shape index (κ3) is 8.58. The van der Waals surface area contributed by atoms with Crippen molar-refractivity contribution in [3.8, 4) is 11.5 Å². The SMILES string of the molecule is CCNC(=NCC(C)Oc1cccc(OC)c1)N1CCC(CN(CC)CC)C1.I. The van der Waals surface area contributed by atoms with Crippen LogP contribution in [-0.4, -0.2) is 74.8 Å². The lowest BCUT2D eigenvalue weighted by Gasteiger charge is -2.24. The van der Waals surface area contributed by atoms with E-state index in [0.717, 1.165) is 50.2 Å². The second-order valence-corrected chi connectivity index (χ2v) is 7.39. The molecule has 0 aliphatic carbocycles. The van der Waals surface area contributed by atoms with E-state index in [0.29, 0.717) is 12.5 Å². The molecule has 1 fully saturated rings. The molecule has 2 rings (SSSR count). The van der Waals surface area contributed by atoms with Crippen LogP contribution in [0.15, 0.2) is 29.3 Å². The molecule has 6 nitrogen and oxygen atoms in total. The van der Waals surface area contributed by atoms with Gasteiger partial charge in [-0.3, -0.25) is 0 Å². The highest BCUT2D eigenvalue weighted by Crippen LogP contribution is 2.20. The first kappa shape index (κ1) is 25.8. The summed E-state index contributed by atoms with van der Waals surface area (Å²) in [6.45, 7) is 15.7. The highest BCUT2D eigenvalue weighted by Gasteiger charge is 2.26. The number of halogens is 1. The summed E-state index contributed by atoms with van der Waals surface area (Å²) in [5.74, 6) is 3.34. The molecule has 0 spiro atoms. The standard InChI is InChI=1S/C22H38N4O2.HI/c1-6-23-22(26-13-12-19(17-26)16-25(7-2)8-3)24-15-18(4)28-21-11-9-10-20(14-21)27-5;/h9-11,14,18-19H,6-8,12-13,15-17H2,1-5H3,(H,23,24);1H. The molecule has 2 atom stereocenters. The Hall–Kier alpha value is -1.22. The van der Waals surface area contributed by atoms with Gasteiger partial charge in [0, 0.05) is 32.2 Å². The van der Waals surface area contributed by atoms with Gasteiger partial charge in [0.15, 0.2) is 5.96 Å². The Balaban J connectivity index is 0.00000420. The molecule has 29 heavy (non-hydrogen) atoms. The van der Waals surface area contributed by atoms with Crippen LogP contribution in [0.25, 0.3) is 0 Å². The first-order chi connectivity index (χ1) is 13.6. The lowest BCUT2D eigenvalue weighted by atomic mass is 10.1. The molecule has 2 unspecified atom stereocenters. The smallest absolute Gasteiger partial charge is 0.194 e. The zero-order valence-corrected chi connectivity index (χ0v) is 21.0.